The summed E-state index contributed by atoms with van der Waals surface area (Å²) in [6.45, 7) is 0.351. The van der Waals surface area contributed by atoms with Crippen LogP contribution in [0, 0.1) is 0 Å². The number of carboxylic acids is 1. The van der Waals surface area contributed by atoms with Gasteiger partial charge in [-0.15, -0.1) is 0 Å². The Hall–Kier alpha value is -1.98. The summed E-state index contributed by atoms with van der Waals surface area (Å²) in [5.41, 5.74) is 0.266. The van der Waals surface area contributed by atoms with Crippen molar-refractivity contribution in [2.24, 2.45) is 0 Å². The molecule has 0 unspecified atom stereocenters. The van der Waals surface area contributed by atoms with Crippen LogP contribution < -0.4 is 4.72 Å². The zero-order valence-corrected chi connectivity index (χ0v) is 18.3. The molecule has 1 heterocycles. The molecule has 0 aliphatic carbocycles. The van der Waals surface area contributed by atoms with Gasteiger partial charge in [-0.25, -0.2) is 30.7 Å². The van der Waals surface area contributed by atoms with E-state index in [0.717, 1.165) is 12.1 Å². The monoisotopic (exact) mass is 472 g/mol. The van der Waals surface area contributed by atoms with Crippen molar-refractivity contribution in [3.05, 3.63) is 64.7 Å². The van der Waals surface area contributed by atoms with E-state index in [9.17, 15) is 26.7 Å². The fourth-order valence-electron chi connectivity index (χ4n) is 3.31. The predicted molar refractivity (Wildman–Crippen MR) is 112 cm³/mol. The Balaban J connectivity index is 1.66. The molecule has 1 aliphatic rings. The maximum Gasteiger partial charge on any atom is 0.337 e. The van der Waals surface area contributed by atoms with Gasteiger partial charge in [0.15, 0.2) is 0 Å². The number of rotatable bonds is 7. The van der Waals surface area contributed by atoms with E-state index >= 15 is 0 Å². The summed E-state index contributed by atoms with van der Waals surface area (Å²) in [6, 6.07) is 11.9. The van der Waals surface area contributed by atoms with Gasteiger partial charge in [-0.3, -0.25) is 0 Å². The van der Waals surface area contributed by atoms with Gasteiger partial charge in [0.05, 0.1) is 16.2 Å². The van der Waals surface area contributed by atoms with Gasteiger partial charge in [0.2, 0.25) is 20.0 Å². The van der Waals surface area contributed by atoms with Crippen LogP contribution in [0.3, 0.4) is 0 Å². The lowest BCUT2D eigenvalue weighted by molar-refractivity contribution is 0.0692. The van der Waals surface area contributed by atoms with E-state index in [2.05, 4.69) is 4.72 Å². The fourth-order valence-corrected chi connectivity index (χ4v) is 6.53. The number of hydrogen-bond donors (Lipinski definition) is 2. The van der Waals surface area contributed by atoms with E-state index in [0.29, 0.717) is 5.56 Å². The normalized spacial score (nSPS) is 16.4. The minimum absolute atomic E-state index is 0.114. The number of carbonyl (C=O) groups is 1. The molecule has 1 aliphatic heterocycles. The van der Waals surface area contributed by atoms with Crippen LogP contribution in [0.15, 0.2) is 53.4 Å². The molecular formula is C19H21ClN2O6S2. The molecule has 1 fully saturated rings. The van der Waals surface area contributed by atoms with Crippen molar-refractivity contribution in [2.45, 2.75) is 29.5 Å². The lowest BCUT2D eigenvalue weighted by Crippen LogP contribution is -2.46. The Morgan fingerprint density at radius 3 is 2.30 bits per heavy atom. The van der Waals surface area contributed by atoms with Crippen LogP contribution in [0.1, 0.15) is 28.8 Å². The van der Waals surface area contributed by atoms with Crippen molar-refractivity contribution in [1.29, 1.82) is 0 Å². The van der Waals surface area contributed by atoms with Crippen molar-refractivity contribution in [3.63, 3.8) is 0 Å². The average molecular weight is 473 g/mol. The fraction of sp³-hybridized carbons (Fsp3) is 0.316. The topological polar surface area (TPSA) is 121 Å². The number of nitrogens with zero attached hydrogens (tertiary/aromatic N) is 1. The third-order valence-corrected chi connectivity index (χ3v) is 8.49. The highest BCUT2D eigenvalue weighted by atomic mass is 35.5. The molecule has 162 valence electrons. The van der Waals surface area contributed by atoms with Gasteiger partial charge < -0.3 is 5.11 Å². The highest BCUT2D eigenvalue weighted by molar-refractivity contribution is 7.89. The standard InChI is InChI=1S/C19H21ClN2O6S2/c20-15-6-7-18(17(12-15)19(23)24)30(27,28)21-16-8-10-22(11-9-16)29(25,26)13-14-4-2-1-3-5-14/h1-7,12,16,21H,8-11,13H2,(H,23,24). The Morgan fingerprint density at radius 1 is 1.07 bits per heavy atom. The van der Waals surface area contributed by atoms with Gasteiger partial charge in [0, 0.05) is 24.2 Å². The molecule has 11 heteroatoms. The molecule has 1 saturated heterocycles. The number of sulfonamides is 2. The molecular weight excluding hydrogens is 452 g/mol. The van der Waals surface area contributed by atoms with Crippen LogP contribution in [-0.2, 0) is 25.8 Å². The van der Waals surface area contributed by atoms with Crippen molar-refractivity contribution >= 4 is 37.6 Å². The number of hydrogen-bond acceptors (Lipinski definition) is 5. The minimum Gasteiger partial charge on any atom is -0.478 e. The summed E-state index contributed by atoms with van der Waals surface area (Å²) >= 11 is 5.78. The molecule has 3 rings (SSSR count). The highest BCUT2D eigenvalue weighted by Gasteiger charge is 2.31. The number of benzene rings is 2. The molecule has 30 heavy (non-hydrogen) atoms. The SMILES string of the molecule is O=C(O)c1cc(Cl)ccc1S(=O)(=O)NC1CCN(S(=O)(=O)Cc2ccccc2)CC1. The summed E-state index contributed by atoms with van der Waals surface area (Å²) in [5, 5.41) is 9.39. The second-order valence-electron chi connectivity index (χ2n) is 6.98. The van der Waals surface area contributed by atoms with Gasteiger partial charge in [-0.2, -0.15) is 0 Å². The third-order valence-electron chi connectivity index (χ3n) is 4.82. The van der Waals surface area contributed by atoms with Crippen molar-refractivity contribution in [2.75, 3.05) is 13.1 Å². The molecule has 8 nitrogen and oxygen atoms in total. The van der Waals surface area contributed by atoms with E-state index < -0.39 is 37.6 Å². The lowest BCUT2D eigenvalue weighted by Gasteiger charge is -2.31. The lowest BCUT2D eigenvalue weighted by atomic mass is 10.1. The molecule has 0 saturated carbocycles. The van der Waals surface area contributed by atoms with Crippen LogP contribution in [0.2, 0.25) is 5.02 Å². The van der Waals surface area contributed by atoms with Crippen molar-refractivity contribution < 1.29 is 26.7 Å². The zero-order valence-electron chi connectivity index (χ0n) is 15.9. The van der Waals surface area contributed by atoms with Gasteiger partial charge in [-0.05, 0) is 36.6 Å². The Kier molecular flexibility index (Phi) is 6.83. The maximum absolute atomic E-state index is 12.7. The van der Waals surface area contributed by atoms with Crippen molar-refractivity contribution in [3.8, 4) is 0 Å². The number of piperidine rings is 1. The summed E-state index contributed by atoms with van der Waals surface area (Å²) in [7, 11) is -7.63. The second kappa shape index (κ2) is 9.03. The summed E-state index contributed by atoms with van der Waals surface area (Å²) < 4.78 is 54.5. The van der Waals surface area contributed by atoms with Crippen LogP contribution >= 0.6 is 11.6 Å². The molecule has 0 atom stereocenters. The Morgan fingerprint density at radius 2 is 1.70 bits per heavy atom. The molecule has 2 aromatic rings. The van der Waals surface area contributed by atoms with E-state index in [1.807, 2.05) is 6.07 Å². The largest absolute Gasteiger partial charge is 0.478 e. The second-order valence-corrected chi connectivity index (χ2v) is 11.1. The molecule has 0 spiro atoms. The summed E-state index contributed by atoms with van der Waals surface area (Å²) in [4.78, 5) is 11.0. The van der Waals surface area contributed by atoms with Gasteiger partial charge in [0.25, 0.3) is 0 Å². The van der Waals surface area contributed by atoms with E-state index in [1.54, 1.807) is 24.3 Å². The number of aromatic carboxylic acids is 1. The van der Waals surface area contributed by atoms with Crippen LogP contribution in [0.4, 0.5) is 0 Å². The number of nitrogens with one attached hydrogen (secondary N) is 1. The third kappa shape index (κ3) is 5.38. The van der Waals surface area contributed by atoms with E-state index in [1.165, 1.54) is 10.4 Å². The predicted octanol–water partition coefficient (Wildman–Crippen LogP) is 2.31. The molecule has 0 amide bonds. The number of halogens is 1. The molecule has 0 radical (unpaired) electrons. The van der Waals surface area contributed by atoms with E-state index in [-0.39, 0.29) is 41.6 Å². The smallest absolute Gasteiger partial charge is 0.337 e. The zero-order chi connectivity index (χ0) is 21.9. The van der Waals surface area contributed by atoms with Crippen LogP contribution in [0.25, 0.3) is 0 Å². The first-order valence-electron chi connectivity index (χ1n) is 9.15. The summed E-state index contributed by atoms with van der Waals surface area (Å²) in [6.07, 6.45) is 0.562. The first kappa shape index (κ1) is 22.7. The molecule has 2 N–H and O–H groups in total. The molecule has 0 aromatic heterocycles. The Labute approximate surface area is 180 Å². The van der Waals surface area contributed by atoms with Gasteiger partial charge in [0.1, 0.15) is 0 Å². The quantitative estimate of drug-likeness (QED) is 0.637. The average Bonchev–Trinajstić information content (AvgIpc) is 2.68. The molecule has 0 bridgehead atoms. The van der Waals surface area contributed by atoms with Crippen LogP contribution in [0.5, 0.6) is 0 Å². The highest BCUT2D eigenvalue weighted by Crippen LogP contribution is 2.23. The first-order valence-corrected chi connectivity index (χ1v) is 12.6. The first-order chi connectivity index (χ1) is 14.1. The maximum atomic E-state index is 12.7. The van der Waals surface area contributed by atoms with Gasteiger partial charge >= 0.3 is 5.97 Å². The Bertz CT molecular complexity index is 1130. The number of carboxylic acid groups (broad SMARTS) is 1. The van der Waals surface area contributed by atoms with E-state index in [4.69, 9.17) is 11.6 Å². The van der Waals surface area contributed by atoms with Crippen LogP contribution in [-0.4, -0.2) is 51.3 Å². The molecule has 2 aromatic carbocycles. The minimum atomic E-state index is -4.11. The van der Waals surface area contributed by atoms with Crippen molar-refractivity contribution in [1.82, 2.24) is 9.03 Å². The summed E-state index contributed by atoms with van der Waals surface area (Å²) in [5.74, 6) is -1.52. The van der Waals surface area contributed by atoms with Gasteiger partial charge in [-0.1, -0.05) is 41.9 Å².